The molecule has 17 heavy (non-hydrogen) atoms. The van der Waals surface area contributed by atoms with Crippen LogP contribution in [-0.2, 0) is 12.7 Å². The zero-order chi connectivity index (χ0) is 13.1. The minimum absolute atomic E-state index is 0.532. The van der Waals surface area contributed by atoms with Crippen LogP contribution < -0.4 is 5.32 Å². The largest absolute Gasteiger partial charge is 0.416 e. The molecule has 0 spiro atoms. The predicted molar refractivity (Wildman–Crippen MR) is 62.7 cm³/mol. The first-order valence-corrected chi connectivity index (χ1v) is 5.68. The number of nitrogens with one attached hydrogen (secondary N) is 1. The van der Waals surface area contributed by atoms with E-state index in [9.17, 15) is 13.2 Å². The van der Waals surface area contributed by atoms with Crippen LogP contribution in [0.5, 0.6) is 0 Å². The molecule has 0 bridgehead atoms. The van der Waals surface area contributed by atoms with Crippen LogP contribution in [0.2, 0.25) is 0 Å². The minimum atomic E-state index is -4.26. The zero-order valence-corrected chi connectivity index (χ0v) is 10.4. The standard InChI is InChI=1S/C13H18F3N/c1-9(2)7-17-8-11-4-5-12(6-10(11)3)13(14,15)16/h4-6,9,17H,7-8H2,1-3H3. The highest BCUT2D eigenvalue weighted by atomic mass is 19.4. The molecule has 0 aromatic heterocycles. The molecule has 0 atom stereocenters. The summed E-state index contributed by atoms with van der Waals surface area (Å²) < 4.78 is 37.3. The summed E-state index contributed by atoms with van der Waals surface area (Å²) in [4.78, 5) is 0. The second kappa shape index (κ2) is 5.54. The second-order valence-electron chi connectivity index (χ2n) is 4.66. The Hall–Kier alpha value is -1.03. The molecule has 0 saturated heterocycles. The summed E-state index contributed by atoms with van der Waals surface area (Å²) in [6.07, 6.45) is -4.26. The molecule has 0 aliphatic heterocycles. The van der Waals surface area contributed by atoms with Crippen LogP contribution in [0.25, 0.3) is 0 Å². The zero-order valence-electron chi connectivity index (χ0n) is 10.4. The lowest BCUT2D eigenvalue weighted by molar-refractivity contribution is -0.137. The van der Waals surface area contributed by atoms with E-state index in [0.29, 0.717) is 18.0 Å². The number of rotatable bonds is 4. The van der Waals surface area contributed by atoms with Gasteiger partial charge in [-0.05, 0) is 42.6 Å². The van der Waals surface area contributed by atoms with Gasteiger partial charge in [0.25, 0.3) is 0 Å². The number of hydrogen-bond acceptors (Lipinski definition) is 1. The molecule has 0 aliphatic rings. The molecule has 0 heterocycles. The van der Waals surface area contributed by atoms with Crippen LogP contribution in [0.15, 0.2) is 18.2 Å². The normalized spacial score (nSPS) is 12.2. The van der Waals surface area contributed by atoms with E-state index in [2.05, 4.69) is 19.2 Å². The lowest BCUT2D eigenvalue weighted by atomic mass is 10.0. The van der Waals surface area contributed by atoms with E-state index in [0.717, 1.165) is 18.2 Å². The van der Waals surface area contributed by atoms with Gasteiger partial charge in [0.1, 0.15) is 0 Å². The van der Waals surface area contributed by atoms with E-state index in [-0.39, 0.29) is 0 Å². The first-order chi connectivity index (χ1) is 7.80. The molecule has 1 aromatic rings. The van der Waals surface area contributed by atoms with E-state index in [4.69, 9.17) is 0 Å². The Balaban J connectivity index is 2.70. The lowest BCUT2D eigenvalue weighted by Gasteiger charge is -2.12. The summed E-state index contributed by atoms with van der Waals surface area (Å²) in [5.41, 5.74) is 1.01. The van der Waals surface area contributed by atoms with Gasteiger partial charge in [-0.15, -0.1) is 0 Å². The third-order valence-electron chi connectivity index (χ3n) is 2.54. The predicted octanol–water partition coefficient (Wildman–Crippen LogP) is 3.76. The van der Waals surface area contributed by atoms with Gasteiger partial charge in [0.15, 0.2) is 0 Å². The Labute approximate surface area is 100 Å². The van der Waals surface area contributed by atoms with Crippen LogP contribution in [0.4, 0.5) is 13.2 Å². The molecule has 4 heteroatoms. The maximum atomic E-state index is 12.4. The van der Waals surface area contributed by atoms with Crippen molar-refractivity contribution < 1.29 is 13.2 Å². The molecular formula is C13H18F3N. The third kappa shape index (κ3) is 4.38. The van der Waals surface area contributed by atoms with Crippen molar-refractivity contribution in [3.8, 4) is 0 Å². The van der Waals surface area contributed by atoms with E-state index in [1.165, 1.54) is 6.07 Å². The quantitative estimate of drug-likeness (QED) is 0.851. The number of benzene rings is 1. The number of hydrogen-bond donors (Lipinski definition) is 1. The van der Waals surface area contributed by atoms with Crippen LogP contribution in [-0.4, -0.2) is 6.54 Å². The van der Waals surface area contributed by atoms with Crippen LogP contribution in [0, 0.1) is 12.8 Å². The van der Waals surface area contributed by atoms with Gasteiger partial charge in [0.05, 0.1) is 5.56 Å². The summed E-state index contributed by atoms with van der Waals surface area (Å²) in [6.45, 7) is 7.36. The molecule has 1 rings (SSSR count). The van der Waals surface area contributed by atoms with Crippen molar-refractivity contribution in [2.75, 3.05) is 6.54 Å². The van der Waals surface area contributed by atoms with Gasteiger partial charge in [-0.2, -0.15) is 13.2 Å². The van der Waals surface area contributed by atoms with E-state index in [1.807, 2.05) is 0 Å². The molecule has 0 unspecified atom stereocenters. The summed E-state index contributed by atoms with van der Waals surface area (Å²) in [5, 5.41) is 3.22. The first-order valence-electron chi connectivity index (χ1n) is 5.68. The van der Waals surface area contributed by atoms with Gasteiger partial charge in [0.2, 0.25) is 0 Å². The molecule has 0 fully saturated rings. The molecule has 1 nitrogen and oxygen atoms in total. The highest BCUT2D eigenvalue weighted by Crippen LogP contribution is 2.30. The molecule has 1 aromatic carbocycles. The fourth-order valence-corrected chi connectivity index (χ4v) is 1.57. The molecule has 96 valence electrons. The molecule has 0 aliphatic carbocycles. The smallest absolute Gasteiger partial charge is 0.312 e. The Morgan fingerprint density at radius 1 is 1.24 bits per heavy atom. The summed E-state index contributed by atoms with van der Waals surface area (Å²) >= 11 is 0. The summed E-state index contributed by atoms with van der Waals surface area (Å²) in [6, 6.07) is 3.89. The van der Waals surface area contributed by atoms with Crippen molar-refractivity contribution in [2.24, 2.45) is 5.92 Å². The Morgan fingerprint density at radius 2 is 1.88 bits per heavy atom. The van der Waals surface area contributed by atoms with Gasteiger partial charge in [-0.3, -0.25) is 0 Å². The van der Waals surface area contributed by atoms with Crippen molar-refractivity contribution >= 4 is 0 Å². The van der Waals surface area contributed by atoms with E-state index in [1.54, 1.807) is 13.0 Å². The average molecular weight is 245 g/mol. The fraction of sp³-hybridized carbons (Fsp3) is 0.538. The summed E-state index contributed by atoms with van der Waals surface area (Å²) in [7, 11) is 0. The Bertz CT molecular complexity index is 369. The fourth-order valence-electron chi connectivity index (χ4n) is 1.57. The minimum Gasteiger partial charge on any atom is -0.312 e. The Morgan fingerprint density at radius 3 is 2.35 bits per heavy atom. The average Bonchev–Trinajstić information content (AvgIpc) is 2.18. The van der Waals surface area contributed by atoms with Crippen LogP contribution >= 0.6 is 0 Å². The number of aryl methyl sites for hydroxylation is 1. The van der Waals surface area contributed by atoms with E-state index >= 15 is 0 Å². The van der Waals surface area contributed by atoms with Crippen molar-refractivity contribution in [1.29, 1.82) is 0 Å². The van der Waals surface area contributed by atoms with Gasteiger partial charge in [0, 0.05) is 6.54 Å². The SMILES string of the molecule is Cc1cc(C(F)(F)F)ccc1CNCC(C)C. The summed E-state index contributed by atoms with van der Waals surface area (Å²) in [5.74, 6) is 0.532. The molecule has 0 amide bonds. The molecule has 0 saturated carbocycles. The van der Waals surface area contributed by atoms with Gasteiger partial charge in [-0.1, -0.05) is 19.9 Å². The highest BCUT2D eigenvalue weighted by Gasteiger charge is 2.30. The molecule has 1 N–H and O–H groups in total. The van der Waals surface area contributed by atoms with Gasteiger partial charge in [-0.25, -0.2) is 0 Å². The highest BCUT2D eigenvalue weighted by molar-refractivity contribution is 5.32. The van der Waals surface area contributed by atoms with Gasteiger partial charge >= 0.3 is 6.18 Å². The number of alkyl halides is 3. The molecule has 0 radical (unpaired) electrons. The third-order valence-corrected chi connectivity index (χ3v) is 2.54. The first kappa shape index (κ1) is 14.0. The lowest BCUT2D eigenvalue weighted by Crippen LogP contribution is -2.19. The van der Waals surface area contributed by atoms with E-state index < -0.39 is 11.7 Å². The molecular weight excluding hydrogens is 227 g/mol. The maximum Gasteiger partial charge on any atom is 0.416 e. The van der Waals surface area contributed by atoms with Crippen molar-refractivity contribution in [2.45, 2.75) is 33.5 Å². The van der Waals surface area contributed by atoms with Crippen molar-refractivity contribution in [1.82, 2.24) is 5.32 Å². The van der Waals surface area contributed by atoms with Crippen molar-refractivity contribution in [3.63, 3.8) is 0 Å². The maximum absolute atomic E-state index is 12.4. The van der Waals surface area contributed by atoms with Gasteiger partial charge < -0.3 is 5.32 Å². The monoisotopic (exact) mass is 245 g/mol. The Kier molecular flexibility index (Phi) is 4.57. The second-order valence-corrected chi connectivity index (χ2v) is 4.66. The number of halogens is 3. The van der Waals surface area contributed by atoms with Crippen LogP contribution in [0.3, 0.4) is 0 Å². The van der Waals surface area contributed by atoms with Crippen molar-refractivity contribution in [3.05, 3.63) is 34.9 Å². The topological polar surface area (TPSA) is 12.0 Å². The van der Waals surface area contributed by atoms with Crippen LogP contribution in [0.1, 0.15) is 30.5 Å².